The summed E-state index contributed by atoms with van der Waals surface area (Å²) in [6.45, 7) is 1.79. The van der Waals surface area contributed by atoms with Crippen LogP contribution in [0.5, 0.6) is 5.75 Å². The normalized spacial score (nSPS) is 16.7. The number of nitro benzene ring substituents is 1. The largest absolute Gasteiger partial charge is 0.508 e. The molecule has 0 radical (unpaired) electrons. The van der Waals surface area contributed by atoms with Crippen LogP contribution < -0.4 is 4.90 Å². The number of phenolic OH excluding ortho intramolecular Hbond substituents is 1. The van der Waals surface area contributed by atoms with Crippen molar-refractivity contribution in [3.8, 4) is 5.75 Å². The predicted octanol–water partition coefficient (Wildman–Crippen LogP) is 4.10. The number of non-ortho nitro benzene ring substituents is 1. The van der Waals surface area contributed by atoms with Gasteiger partial charge in [0.15, 0.2) is 0 Å². The molecule has 1 aliphatic rings. The molecule has 4 rings (SSSR count). The molecule has 10 nitrogen and oxygen atoms in total. The molecule has 2 N–H and O–H groups in total. The molecule has 0 spiro atoms. The van der Waals surface area contributed by atoms with Gasteiger partial charge in [0.25, 0.3) is 17.4 Å². The van der Waals surface area contributed by atoms with E-state index in [1.165, 1.54) is 60.7 Å². The molecule has 10 heteroatoms. The molecule has 0 saturated carbocycles. The summed E-state index contributed by atoms with van der Waals surface area (Å²) in [6, 6.07) is 15.5. The van der Waals surface area contributed by atoms with Gasteiger partial charge >= 0.3 is 5.97 Å². The first kappa shape index (κ1) is 24.1. The monoisotopic (exact) mass is 488 g/mol. The van der Waals surface area contributed by atoms with Crippen molar-refractivity contribution in [1.82, 2.24) is 0 Å². The summed E-state index contributed by atoms with van der Waals surface area (Å²) in [6.07, 6.45) is 0. The second-order valence-corrected chi connectivity index (χ2v) is 7.84. The summed E-state index contributed by atoms with van der Waals surface area (Å²) >= 11 is 0. The first-order valence-electron chi connectivity index (χ1n) is 10.8. The SMILES string of the molecule is CCOC(=O)c1cccc(N2C(=O)C(=O)/C(=C(\O)c3cccc([N+](=O)[O-])c3)C2c2cccc(O)c2)c1. The fraction of sp³-hybridized carbons (Fsp3) is 0.115. The van der Waals surface area contributed by atoms with E-state index in [9.17, 15) is 34.7 Å². The molecule has 1 aliphatic heterocycles. The topological polar surface area (TPSA) is 147 Å². The molecular formula is C26H20N2O8. The van der Waals surface area contributed by atoms with Gasteiger partial charge in [-0.05, 0) is 42.8 Å². The number of rotatable bonds is 6. The highest BCUT2D eigenvalue weighted by Gasteiger charge is 2.47. The lowest BCUT2D eigenvalue weighted by Crippen LogP contribution is -2.29. The van der Waals surface area contributed by atoms with Crippen LogP contribution in [-0.4, -0.2) is 39.4 Å². The number of Topliss-reactive ketones (excluding diaryl/α,β-unsaturated/α-hetero) is 1. The summed E-state index contributed by atoms with van der Waals surface area (Å²) in [5, 5.41) is 32.4. The Morgan fingerprint density at radius 3 is 2.42 bits per heavy atom. The lowest BCUT2D eigenvalue weighted by atomic mass is 9.94. The number of phenols is 1. The van der Waals surface area contributed by atoms with Crippen molar-refractivity contribution < 1.29 is 34.3 Å². The molecule has 1 fully saturated rings. The van der Waals surface area contributed by atoms with E-state index in [0.29, 0.717) is 5.56 Å². The van der Waals surface area contributed by atoms with Crippen molar-refractivity contribution >= 4 is 34.8 Å². The summed E-state index contributed by atoms with van der Waals surface area (Å²) in [4.78, 5) is 50.4. The molecule has 36 heavy (non-hydrogen) atoms. The number of anilines is 1. The third kappa shape index (κ3) is 4.39. The molecular weight excluding hydrogens is 468 g/mol. The minimum atomic E-state index is -1.20. The summed E-state index contributed by atoms with van der Waals surface area (Å²) in [5.74, 6) is -3.41. The van der Waals surface area contributed by atoms with Gasteiger partial charge in [0.2, 0.25) is 0 Å². The number of amides is 1. The van der Waals surface area contributed by atoms with E-state index in [1.54, 1.807) is 13.0 Å². The molecule has 1 unspecified atom stereocenters. The predicted molar refractivity (Wildman–Crippen MR) is 128 cm³/mol. The lowest BCUT2D eigenvalue weighted by Gasteiger charge is -2.26. The van der Waals surface area contributed by atoms with Crippen molar-refractivity contribution in [3.05, 3.63) is 105 Å². The average Bonchev–Trinajstić information content (AvgIpc) is 3.14. The van der Waals surface area contributed by atoms with Crippen molar-refractivity contribution in [2.75, 3.05) is 11.5 Å². The number of esters is 1. The van der Waals surface area contributed by atoms with Crippen LogP contribution in [0, 0.1) is 10.1 Å². The number of hydrogen-bond acceptors (Lipinski definition) is 8. The number of aliphatic hydroxyl groups excluding tert-OH is 1. The number of carbonyl (C=O) groups is 3. The smallest absolute Gasteiger partial charge is 0.338 e. The van der Waals surface area contributed by atoms with Crippen molar-refractivity contribution in [2.45, 2.75) is 13.0 Å². The average molecular weight is 488 g/mol. The van der Waals surface area contributed by atoms with E-state index in [4.69, 9.17) is 4.74 Å². The number of aromatic hydroxyl groups is 1. The van der Waals surface area contributed by atoms with Gasteiger partial charge in [0.05, 0.1) is 28.7 Å². The Bertz CT molecular complexity index is 1430. The van der Waals surface area contributed by atoms with Gasteiger partial charge < -0.3 is 14.9 Å². The fourth-order valence-corrected chi connectivity index (χ4v) is 4.03. The van der Waals surface area contributed by atoms with E-state index in [1.807, 2.05) is 0 Å². The quantitative estimate of drug-likeness (QED) is 0.132. The Morgan fingerprint density at radius 2 is 1.72 bits per heavy atom. The van der Waals surface area contributed by atoms with Gasteiger partial charge in [0, 0.05) is 23.4 Å². The third-order valence-electron chi connectivity index (χ3n) is 5.60. The van der Waals surface area contributed by atoms with Crippen LogP contribution in [0.1, 0.15) is 34.5 Å². The molecule has 3 aromatic carbocycles. The number of carbonyl (C=O) groups excluding carboxylic acids is 3. The van der Waals surface area contributed by atoms with E-state index in [-0.39, 0.29) is 40.4 Å². The highest BCUT2D eigenvalue weighted by Crippen LogP contribution is 2.43. The summed E-state index contributed by atoms with van der Waals surface area (Å²) < 4.78 is 5.02. The Hall–Kier alpha value is -4.99. The second kappa shape index (κ2) is 9.71. The third-order valence-corrected chi connectivity index (χ3v) is 5.60. The van der Waals surface area contributed by atoms with Crippen molar-refractivity contribution in [2.24, 2.45) is 0 Å². The standard InChI is InChI=1S/C26H20N2O8/c1-2-36-26(33)17-8-4-9-18(13-17)27-22(15-6-5-11-20(29)14-15)21(24(31)25(27)32)23(30)16-7-3-10-19(12-16)28(34)35/h3-14,22,29-30H,2H2,1H3/b23-21-. The van der Waals surface area contributed by atoms with Gasteiger partial charge in [-0.1, -0.05) is 30.3 Å². The maximum absolute atomic E-state index is 13.2. The minimum absolute atomic E-state index is 0.0346. The zero-order valence-corrected chi connectivity index (χ0v) is 19.0. The van der Waals surface area contributed by atoms with Gasteiger partial charge in [-0.2, -0.15) is 0 Å². The molecule has 1 atom stereocenters. The number of aliphatic hydroxyl groups is 1. The number of benzene rings is 3. The maximum Gasteiger partial charge on any atom is 0.338 e. The van der Waals surface area contributed by atoms with Gasteiger partial charge in [0.1, 0.15) is 11.5 Å². The number of ketones is 1. The summed E-state index contributed by atoms with van der Waals surface area (Å²) in [7, 11) is 0. The first-order valence-corrected chi connectivity index (χ1v) is 10.8. The van der Waals surface area contributed by atoms with Crippen LogP contribution in [0.3, 0.4) is 0 Å². The molecule has 1 saturated heterocycles. The molecule has 3 aromatic rings. The zero-order chi connectivity index (χ0) is 26.0. The van der Waals surface area contributed by atoms with Crippen LogP contribution in [0.4, 0.5) is 11.4 Å². The molecule has 182 valence electrons. The van der Waals surface area contributed by atoms with E-state index in [2.05, 4.69) is 0 Å². The van der Waals surface area contributed by atoms with Crippen LogP contribution in [0.2, 0.25) is 0 Å². The first-order chi connectivity index (χ1) is 17.2. The number of ether oxygens (including phenoxy) is 1. The Labute approximate surface area is 204 Å². The van der Waals surface area contributed by atoms with Gasteiger partial charge in [-0.25, -0.2) is 4.79 Å². The van der Waals surface area contributed by atoms with E-state index >= 15 is 0 Å². The van der Waals surface area contributed by atoms with Crippen molar-refractivity contribution in [3.63, 3.8) is 0 Å². The lowest BCUT2D eigenvalue weighted by molar-refractivity contribution is -0.384. The van der Waals surface area contributed by atoms with Crippen LogP contribution in [-0.2, 0) is 14.3 Å². The second-order valence-electron chi connectivity index (χ2n) is 7.84. The number of nitrogens with zero attached hydrogens (tertiary/aromatic N) is 2. The molecule has 0 aromatic heterocycles. The van der Waals surface area contributed by atoms with Crippen molar-refractivity contribution in [1.29, 1.82) is 0 Å². The Balaban J connectivity index is 1.93. The highest BCUT2D eigenvalue weighted by atomic mass is 16.6. The number of nitro groups is 1. The van der Waals surface area contributed by atoms with Crippen LogP contribution in [0.15, 0.2) is 78.4 Å². The molecule has 1 amide bonds. The Kier molecular flexibility index (Phi) is 6.51. The van der Waals surface area contributed by atoms with E-state index < -0.39 is 34.4 Å². The highest BCUT2D eigenvalue weighted by molar-refractivity contribution is 6.51. The molecule has 0 bridgehead atoms. The molecule has 1 heterocycles. The maximum atomic E-state index is 13.2. The van der Waals surface area contributed by atoms with Crippen LogP contribution in [0.25, 0.3) is 5.76 Å². The zero-order valence-electron chi connectivity index (χ0n) is 19.0. The minimum Gasteiger partial charge on any atom is -0.508 e. The number of hydrogen-bond donors (Lipinski definition) is 2. The Morgan fingerprint density at radius 1 is 1.03 bits per heavy atom. The van der Waals surface area contributed by atoms with E-state index in [0.717, 1.165) is 11.0 Å². The fourth-order valence-electron chi connectivity index (χ4n) is 4.03. The van der Waals surface area contributed by atoms with Crippen LogP contribution >= 0.6 is 0 Å². The molecule has 0 aliphatic carbocycles. The van der Waals surface area contributed by atoms with Gasteiger partial charge in [-0.3, -0.25) is 24.6 Å². The summed E-state index contributed by atoms with van der Waals surface area (Å²) in [5.41, 5.74) is -0.0639. The van der Waals surface area contributed by atoms with Gasteiger partial charge in [-0.15, -0.1) is 0 Å².